The monoisotopic (exact) mass is 172 g/mol. The van der Waals surface area contributed by atoms with Gasteiger partial charge >= 0.3 is 0 Å². The average Bonchev–Trinajstić information content (AvgIpc) is 1.85. The second kappa shape index (κ2) is 4.86. The fourth-order valence-corrected chi connectivity index (χ4v) is 1.96. The van der Waals surface area contributed by atoms with Crippen LogP contribution in [-0.4, -0.2) is 11.2 Å². The van der Waals surface area contributed by atoms with Crippen molar-refractivity contribution in [3.05, 3.63) is 0 Å². The van der Waals surface area contributed by atoms with Gasteiger partial charge < -0.3 is 5.11 Å². The molecule has 0 aliphatic rings. The maximum atomic E-state index is 9.84. The highest BCUT2D eigenvalue weighted by Gasteiger charge is 2.28. The van der Waals surface area contributed by atoms with Crippen molar-refractivity contribution in [1.82, 2.24) is 0 Å². The Bertz CT molecular complexity index is 113. The minimum atomic E-state index is -0.111. The van der Waals surface area contributed by atoms with E-state index in [9.17, 15) is 5.11 Å². The van der Waals surface area contributed by atoms with Crippen LogP contribution in [0.5, 0.6) is 0 Å². The molecule has 0 aromatic carbocycles. The van der Waals surface area contributed by atoms with Crippen LogP contribution < -0.4 is 0 Å². The van der Waals surface area contributed by atoms with Gasteiger partial charge in [-0.2, -0.15) is 0 Å². The Labute approximate surface area is 77.2 Å². The first kappa shape index (κ1) is 12.0. The Morgan fingerprint density at radius 1 is 1.17 bits per heavy atom. The standard InChI is InChI=1S/C11H24O/c1-6-8-10(12)9(7-2)11(3,4)5/h9-10,12H,6-8H2,1-5H3. The van der Waals surface area contributed by atoms with Gasteiger partial charge in [-0.05, 0) is 17.8 Å². The highest BCUT2D eigenvalue weighted by atomic mass is 16.3. The zero-order chi connectivity index (χ0) is 9.78. The van der Waals surface area contributed by atoms with Crippen molar-refractivity contribution in [2.75, 3.05) is 0 Å². The molecule has 0 aromatic heterocycles. The van der Waals surface area contributed by atoms with Crippen LogP contribution in [0.1, 0.15) is 53.9 Å². The minimum Gasteiger partial charge on any atom is -0.393 e. The quantitative estimate of drug-likeness (QED) is 0.690. The second-order valence-electron chi connectivity index (χ2n) is 4.74. The lowest BCUT2D eigenvalue weighted by molar-refractivity contribution is 0.0338. The van der Waals surface area contributed by atoms with Crippen LogP contribution in [0.4, 0.5) is 0 Å². The van der Waals surface area contributed by atoms with Gasteiger partial charge in [0.2, 0.25) is 0 Å². The highest BCUT2D eigenvalue weighted by Crippen LogP contribution is 2.32. The Kier molecular flexibility index (Phi) is 4.84. The van der Waals surface area contributed by atoms with E-state index in [0.717, 1.165) is 19.3 Å². The van der Waals surface area contributed by atoms with Crippen LogP contribution in [0.15, 0.2) is 0 Å². The molecule has 0 fully saturated rings. The van der Waals surface area contributed by atoms with Crippen LogP contribution in [0, 0.1) is 11.3 Å². The number of aliphatic hydroxyl groups excluding tert-OH is 1. The van der Waals surface area contributed by atoms with Gasteiger partial charge in [-0.1, -0.05) is 47.5 Å². The molecule has 0 amide bonds. The fraction of sp³-hybridized carbons (Fsp3) is 1.00. The SMILES string of the molecule is CCCC(O)C(CC)C(C)(C)C. The van der Waals surface area contributed by atoms with Crippen LogP contribution in [0.2, 0.25) is 0 Å². The number of hydrogen-bond acceptors (Lipinski definition) is 1. The molecule has 0 bridgehead atoms. The first-order valence-corrected chi connectivity index (χ1v) is 5.11. The summed E-state index contributed by atoms with van der Waals surface area (Å²) in [6, 6.07) is 0. The predicted molar refractivity (Wildman–Crippen MR) is 54.2 cm³/mol. The van der Waals surface area contributed by atoms with Crippen LogP contribution in [-0.2, 0) is 0 Å². The molecule has 0 aliphatic carbocycles. The maximum absolute atomic E-state index is 9.84. The van der Waals surface area contributed by atoms with Gasteiger partial charge in [-0.3, -0.25) is 0 Å². The second-order valence-corrected chi connectivity index (χ2v) is 4.74. The van der Waals surface area contributed by atoms with Crippen LogP contribution >= 0.6 is 0 Å². The summed E-state index contributed by atoms with van der Waals surface area (Å²) in [6.45, 7) is 10.9. The van der Waals surface area contributed by atoms with Crippen molar-refractivity contribution in [2.45, 2.75) is 60.0 Å². The van der Waals surface area contributed by atoms with Gasteiger partial charge in [0, 0.05) is 0 Å². The van der Waals surface area contributed by atoms with Gasteiger partial charge in [0.1, 0.15) is 0 Å². The van der Waals surface area contributed by atoms with Gasteiger partial charge in [0.25, 0.3) is 0 Å². The molecule has 0 aliphatic heterocycles. The summed E-state index contributed by atoms with van der Waals surface area (Å²) in [6.07, 6.45) is 2.98. The van der Waals surface area contributed by atoms with Crippen molar-refractivity contribution in [3.63, 3.8) is 0 Å². The van der Waals surface area contributed by atoms with E-state index in [-0.39, 0.29) is 11.5 Å². The van der Waals surface area contributed by atoms with Gasteiger partial charge in [0.05, 0.1) is 6.10 Å². The predicted octanol–water partition coefficient (Wildman–Crippen LogP) is 3.22. The molecule has 0 saturated carbocycles. The lowest BCUT2D eigenvalue weighted by atomic mass is 9.75. The third kappa shape index (κ3) is 3.57. The van der Waals surface area contributed by atoms with Crippen molar-refractivity contribution >= 4 is 0 Å². The van der Waals surface area contributed by atoms with E-state index >= 15 is 0 Å². The summed E-state index contributed by atoms with van der Waals surface area (Å²) in [5, 5.41) is 9.84. The van der Waals surface area contributed by atoms with Gasteiger partial charge in [0.15, 0.2) is 0 Å². The zero-order valence-corrected chi connectivity index (χ0v) is 9.22. The lowest BCUT2D eigenvalue weighted by Crippen LogP contribution is -2.31. The average molecular weight is 172 g/mol. The first-order valence-electron chi connectivity index (χ1n) is 5.11. The Hall–Kier alpha value is -0.0400. The maximum Gasteiger partial charge on any atom is 0.0573 e. The van der Waals surface area contributed by atoms with Gasteiger partial charge in [-0.25, -0.2) is 0 Å². The summed E-state index contributed by atoms with van der Waals surface area (Å²) in [5.74, 6) is 0.442. The molecular weight excluding hydrogens is 148 g/mol. The Morgan fingerprint density at radius 3 is 1.92 bits per heavy atom. The van der Waals surface area contributed by atoms with E-state index < -0.39 is 0 Å². The van der Waals surface area contributed by atoms with E-state index in [1.165, 1.54) is 0 Å². The summed E-state index contributed by atoms with van der Waals surface area (Å²) in [7, 11) is 0. The number of hydrogen-bond donors (Lipinski definition) is 1. The Balaban J connectivity index is 4.14. The van der Waals surface area contributed by atoms with E-state index in [2.05, 4.69) is 34.6 Å². The molecule has 0 heterocycles. The zero-order valence-electron chi connectivity index (χ0n) is 9.22. The minimum absolute atomic E-state index is 0.111. The molecule has 0 rings (SSSR count). The largest absolute Gasteiger partial charge is 0.393 e. The molecule has 1 heteroatoms. The molecule has 0 aromatic rings. The van der Waals surface area contributed by atoms with Crippen molar-refractivity contribution in [1.29, 1.82) is 0 Å². The first-order chi connectivity index (χ1) is 5.43. The molecule has 1 nitrogen and oxygen atoms in total. The van der Waals surface area contributed by atoms with Crippen LogP contribution in [0.25, 0.3) is 0 Å². The molecule has 74 valence electrons. The normalized spacial score (nSPS) is 17.5. The molecule has 12 heavy (non-hydrogen) atoms. The van der Waals surface area contributed by atoms with Crippen molar-refractivity contribution in [3.8, 4) is 0 Å². The molecule has 0 saturated heterocycles. The molecule has 1 N–H and O–H groups in total. The molecule has 2 atom stereocenters. The van der Waals surface area contributed by atoms with Gasteiger partial charge in [-0.15, -0.1) is 0 Å². The molecule has 0 radical (unpaired) electrons. The fourth-order valence-electron chi connectivity index (χ4n) is 1.96. The summed E-state index contributed by atoms with van der Waals surface area (Å²) < 4.78 is 0. The van der Waals surface area contributed by atoms with E-state index in [4.69, 9.17) is 0 Å². The van der Waals surface area contributed by atoms with Crippen LogP contribution in [0.3, 0.4) is 0 Å². The van der Waals surface area contributed by atoms with E-state index in [1.54, 1.807) is 0 Å². The summed E-state index contributed by atoms with van der Waals surface area (Å²) in [4.78, 5) is 0. The topological polar surface area (TPSA) is 20.2 Å². The lowest BCUT2D eigenvalue weighted by Gasteiger charge is -2.33. The van der Waals surface area contributed by atoms with Crippen molar-refractivity contribution in [2.24, 2.45) is 11.3 Å². The Morgan fingerprint density at radius 2 is 1.67 bits per heavy atom. The van der Waals surface area contributed by atoms with Crippen molar-refractivity contribution < 1.29 is 5.11 Å². The third-order valence-electron chi connectivity index (χ3n) is 2.60. The number of rotatable bonds is 4. The van der Waals surface area contributed by atoms with E-state index in [1.807, 2.05) is 0 Å². The summed E-state index contributed by atoms with van der Waals surface area (Å²) in [5.41, 5.74) is 0.239. The third-order valence-corrected chi connectivity index (χ3v) is 2.60. The highest BCUT2D eigenvalue weighted by molar-refractivity contribution is 4.78. The summed E-state index contributed by atoms with van der Waals surface area (Å²) >= 11 is 0. The number of aliphatic hydroxyl groups is 1. The molecule has 0 spiro atoms. The molecular formula is C11H24O. The smallest absolute Gasteiger partial charge is 0.0573 e. The molecule has 2 unspecified atom stereocenters. The van der Waals surface area contributed by atoms with E-state index in [0.29, 0.717) is 5.92 Å².